The third-order valence-electron chi connectivity index (χ3n) is 2.85. The highest BCUT2D eigenvalue weighted by molar-refractivity contribution is 6.27. The van der Waals surface area contributed by atoms with Gasteiger partial charge < -0.3 is 4.90 Å². The van der Waals surface area contributed by atoms with Crippen LogP contribution in [0, 0.1) is 0 Å². The quantitative estimate of drug-likeness (QED) is 0.776. The summed E-state index contributed by atoms with van der Waals surface area (Å²) in [4.78, 5) is 13.3. The van der Waals surface area contributed by atoms with Crippen LogP contribution in [0.15, 0.2) is 12.3 Å². The van der Waals surface area contributed by atoms with Gasteiger partial charge in [0.15, 0.2) is 0 Å². The van der Waals surface area contributed by atoms with E-state index in [1.165, 1.54) is 0 Å². The van der Waals surface area contributed by atoms with Crippen LogP contribution < -0.4 is 0 Å². The molecule has 2 rings (SSSR count). The Morgan fingerprint density at radius 3 is 3.27 bits per heavy atom. The molecule has 0 saturated carbocycles. The first-order valence-corrected chi connectivity index (χ1v) is 5.67. The van der Waals surface area contributed by atoms with Crippen molar-refractivity contribution in [2.45, 2.75) is 18.8 Å². The number of rotatable bonds is 2. The smallest absolute Gasteiger partial charge is 0.237 e. The van der Waals surface area contributed by atoms with E-state index in [-0.39, 0.29) is 11.8 Å². The summed E-state index contributed by atoms with van der Waals surface area (Å²) in [6, 6.07) is 1.97. The summed E-state index contributed by atoms with van der Waals surface area (Å²) >= 11 is 5.55. The molecule has 1 saturated heterocycles. The zero-order chi connectivity index (χ0) is 10.7. The van der Waals surface area contributed by atoms with Crippen LogP contribution in [0.5, 0.6) is 0 Å². The Morgan fingerprint density at radius 2 is 2.60 bits per heavy atom. The van der Waals surface area contributed by atoms with Crippen molar-refractivity contribution < 1.29 is 4.79 Å². The number of carbonyl (C=O) groups excluding carboxylic acids is 1. The lowest BCUT2D eigenvalue weighted by molar-refractivity contribution is -0.129. The van der Waals surface area contributed by atoms with Crippen LogP contribution in [-0.2, 0) is 4.79 Å². The Bertz CT molecular complexity index is 325. The van der Waals surface area contributed by atoms with Gasteiger partial charge in [-0.3, -0.25) is 9.89 Å². The second-order valence-electron chi connectivity index (χ2n) is 3.82. The van der Waals surface area contributed by atoms with Gasteiger partial charge in [0, 0.05) is 30.9 Å². The van der Waals surface area contributed by atoms with Crippen LogP contribution in [-0.4, -0.2) is 40.0 Å². The fourth-order valence-corrected chi connectivity index (χ4v) is 2.21. The van der Waals surface area contributed by atoms with Crippen molar-refractivity contribution in [3.05, 3.63) is 18.0 Å². The highest BCUT2D eigenvalue weighted by Crippen LogP contribution is 2.25. The lowest BCUT2D eigenvalue weighted by Crippen LogP contribution is -2.39. The van der Waals surface area contributed by atoms with Gasteiger partial charge in [0.25, 0.3) is 0 Å². The molecule has 1 fully saturated rings. The predicted molar refractivity (Wildman–Crippen MR) is 57.9 cm³/mol. The summed E-state index contributed by atoms with van der Waals surface area (Å²) in [5, 5.41) is 6.90. The minimum Gasteiger partial charge on any atom is -0.341 e. The second-order valence-corrected chi connectivity index (χ2v) is 4.09. The Morgan fingerprint density at radius 1 is 1.73 bits per heavy atom. The number of amides is 1. The number of alkyl halides is 1. The monoisotopic (exact) mass is 227 g/mol. The molecule has 0 bridgehead atoms. The van der Waals surface area contributed by atoms with E-state index in [0.29, 0.717) is 5.92 Å². The molecule has 1 atom stereocenters. The number of carbonyl (C=O) groups is 1. The van der Waals surface area contributed by atoms with E-state index in [4.69, 9.17) is 11.6 Å². The second kappa shape index (κ2) is 4.66. The SMILES string of the molecule is O=C(CCl)N1CCCC(c2ccn[nH]2)C1. The van der Waals surface area contributed by atoms with Crippen LogP contribution in [0.3, 0.4) is 0 Å². The number of nitrogens with one attached hydrogen (secondary N) is 1. The molecule has 1 N–H and O–H groups in total. The van der Waals surface area contributed by atoms with Crippen molar-refractivity contribution in [3.8, 4) is 0 Å². The minimum atomic E-state index is 0.0286. The number of nitrogens with zero attached hydrogens (tertiary/aromatic N) is 2. The van der Waals surface area contributed by atoms with Gasteiger partial charge in [-0.2, -0.15) is 5.10 Å². The van der Waals surface area contributed by atoms with Gasteiger partial charge in [0.2, 0.25) is 5.91 Å². The molecule has 0 aliphatic carbocycles. The van der Waals surface area contributed by atoms with Gasteiger partial charge in [-0.05, 0) is 18.9 Å². The first-order chi connectivity index (χ1) is 7.31. The third-order valence-corrected chi connectivity index (χ3v) is 3.08. The first-order valence-electron chi connectivity index (χ1n) is 5.14. The lowest BCUT2D eigenvalue weighted by atomic mass is 9.95. The van der Waals surface area contributed by atoms with E-state index < -0.39 is 0 Å². The van der Waals surface area contributed by atoms with Gasteiger partial charge in [0.1, 0.15) is 5.88 Å². The van der Waals surface area contributed by atoms with Crippen molar-refractivity contribution >= 4 is 17.5 Å². The van der Waals surface area contributed by atoms with Gasteiger partial charge >= 0.3 is 0 Å². The van der Waals surface area contributed by atoms with Crippen LogP contribution in [0.2, 0.25) is 0 Å². The number of H-pyrrole nitrogens is 1. The molecule has 0 spiro atoms. The van der Waals surface area contributed by atoms with Crippen LogP contribution in [0.4, 0.5) is 0 Å². The number of aromatic amines is 1. The van der Waals surface area contributed by atoms with E-state index in [1.54, 1.807) is 6.20 Å². The maximum atomic E-state index is 11.5. The fraction of sp³-hybridized carbons (Fsp3) is 0.600. The molecule has 1 aliphatic heterocycles. The topological polar surface area (TPSA) is 49.0 Å². The van der Waals surface area contributed by atoms with Crippen molar-refractivity contribution in [3.63, 3.8) is 0 Å². The van der Waals surface area contributed by atoms with E-state index in [2.05, 4.69) is 10.2 Å². The van der Waals surface area contributed by atoms with Gasteiger partial charge in [0.05, 0.1) is 0 Å². The summed E-state index contributed by atoms with van der Waals surface area (Å²) in [6.45, 7) is 1.59. The Labute approximate surface area is 93.6 Å². The molecular weight excluding hydrogens is 214 g/mol. The Kier molecular flexibility index (Phi) is 3.26. The van der Waals surface area contributed by atoms with Gasteiger partial charge in [-0.15, -0.1) is 11.6 Å². The van der Waals surface area contributed by atoms with Crippen LogP contribution in [0.1, 0.15) is 24.5 Å². The number of halogens is 1. The summed E-state index contributed by atoms with van der Waals surface area (Å²) in [5.41, 5.74) is 1.11. The van der Waals surface area contributed by atoms with E-state index >= 15 is 0 Å². The van der Waals surface area contributed by atoms with Gasteiger partial charge in [-0.25, -0.2) is 0 Å². The molecular formula is C10H14ClN3O. The maximum Gasteiger partial charge on any atom is 0.237 e. The molecule has 2 heterocycles. The fourth-order valence-electron chi connectivity index (χ4n) is 2.04. The summed E-state index contributed by atoms with van der Waals surface area (Å²) in [7, 11) is 0. The molecule has 1 aromatic rings. The van der Waals surface area contributed by atoms with Gasteiger partial charge in [-0.1, -0.05) is 0 Å². The molecule has 5 heteroatoms. The first kappa shape index (κ1) is 10.5. The zero-order valence-electron chi connectivity index (χ0n) is 8.45. The molecule has 4 nitrogen and oxygen atoms in total. The van der Waals surface area contributed by atoms with E-state index in [9.17, 15) is 4.79 Å². The van der Waals surface area contributed by atoms with Crippen molar-refractivity contribution in [2.24, 2.45) is 0 Å². The van der Waals surface area contributed by atoms with Crippen molar-refractivity contribution in [1.82, 2.24) is 15.1 Å². The molecule has 0 radical (unpaired) electrons. The standard InChI is InChI=1S/C10H14ClN3O/c11-6-10(15)14-5-1-2-8(7-14)9-3-4-12-13-9/h3-4,8H,1-2,5-7H2,(H,12,13). The molecule has 1 amide bonds. The molecule has 0 aromatic carbocycles. The van der Waals surface area contributed by atoms with Crippen LogP contribution in [0.25, 0.3) is 0 Å². The Hall–Kier alpha value is -1.03. The molecule has 1 aromatic heterocycles. The highest BCUT2D eigenvalue weighted by atomic mass is 35.5. The lowest BCUT2D eigenvalue weighted by Gasteiger charge is -2.31. The highest BCUT2D eigenvalue weighted by Gasteiger charge is 2.24. The number of piperidine rings is 1. The average Bonchev–Trinajstić information content (AvgIpc) is 2.82. The average molecular weight is 228 g/mol. The summed E-state index contributed by atoms with van der Waals surface area (Å²) in [5.74, 6) is 0.490. The maximum absolute atomic E-state index is 11.5. The molecule has 82 valence electrons. The summed E-state index contributed by atoms with van der Waals surface area (Å²) < 4.78 is 0. The van der Waals surface area contributed by atoms with Crippen molar-refractivity contribution in [1.29, 1.82) is 0 Å². The third kappa shape index (κ3) is 2.31. The largest absolute Gasteiger partial charge is 0.341 e. The molecule has 15 heavy (non-hydrogen) atoms. The summed E-state index contributed by atoms with van der Waals surface area (Å²) in [6.07, 6.45) is 3.89. The predicted octanol–water partition coefficient (Wildman–Crippen LogP) is 1.35. The van der Waals surface area contributed by atoms with Crippen LogP contribution >= 0.6 is 11.6 Å². The zero-order valence-corrected chi connectivity index (χ0v) is 9.20. The van der Waals surface area contributed by atoms with E-state index in [1.807, 2.05) is 11.0 Å². The number of hydrogen-bond donors (Lipinski definition) is 1. The minimum absolute atomic E-state index is 0.0286. The number of hydrogen-bond acceptors (Lipinski definition) is 2. The van der Waals surface area contributed by atoms with Crippen molar-refractivity contribution in [2.75, 3.05) is 19.0 Å². The normalized spacial score (nSPS) is 21.7. The number of likely N-dealkylation sites (tertiary alicyclic amines) is 1. The Balaban J connectivity index is 2.01. The molecule has 1 aliphatic rings. The molecule has 1 unspecified atom stereocenters. The van der Waals surface area contributed by atoms with E-state index in [0.717, 1.165) is 31.6 Å². The number of aromatic nitrogens is 2.